The van der Waals surface area contributed by atoms with Crippen molar-refractivity contribution in [2.24, 2.45) is 0 Å². The summed E-state index contributed by atoms with van der Waals surface area (Å²) in [4.78, 5) is 3.88. The lowest BCUT2D eigenvalue weighted by Crippen LogP contribution is -1.87. The van der Waals surface area contributed by atoms with Crippen LogP contribution in [0.4, 0.5) is 0 Å². The zero-order valence-electron chi connectivity index (χ0n) is 5.01. The standard InChI is InChI=1S/C5H4N4S/c1-2-9(3-6-1)5-8-7-4-10-5/h1-4H. The van der Waals surface area contributed by atoms with Crippen LogP contribution in [0.2, 0.25) is 0 Å². The molecule has 0 unspecified atom stereocenters. The molecule has 2 heterocycles. The van der Waals surface area contributed by atoms with Gasteiger partial charge in [-0.2, -0.15) is 0 Å². The summed E-state index contributed by atoms with van der Waals surface area (Å²) >= 11 is 1.48. The van der Waals surface area contributed by atoms with Gasteiger partial charge in [-0.3, -0.25) is 4.57 Å². The molecule has 10 heavy (non-hydrogen) atoms. The van der Waals surface area contributed by atoms with Crippen molar-refractivity contribution in [1.82, 2.24) is 19.7 Å². The van der Waals surface area contributed by atoms with E-state index < -0.39 is 0 Å². The Morgan fingerprint density at radius 3 is 3.10 bits per heavy atom. The lowest BCUT2D eigenvalue weighted by molar-refractivity contribution is 0.964. The SMILES string of the molecule is c1cn(-c2nncs2)cn1. The maximum absolute atomic E-state index is 3.88. The molecule has 0 aliphatic heterocycles. The van der Waals surface area contributed by atoms with Gasteiger partial charge in [0.25, 0.3) is 0 Å². The van der Waals surface area contributed by atoms with Crippen LogP contribution in [-0.4, -0.2) is 19.7 Å². The minimum atomic E-state index is 0.845. The summed E-state index contributed by atoms with van der Waals surface area (Å²) in [5.41, 5.74) is 1.69. The first kappa shape index (κ1) is 5.55. The van der Waals surface area contributed by atoms with Crippen LogP contribution in [0, 0.1) is 0 Å². The Balaban J connectivity index is 2.48. The predicted molar refractivity (Wildman–Crippen MR) is 37.0 cm³/mol. The number of nitrogens with zero attached hydrogens (tertiary/aromatic N) is 4. The molecule has 5 heteroatoms. The Labute approximate surface area is 61.2 Å². The van der Waals surface area contributed by atoms with Crippen molar-refractivity contribution in [3.8, 4) is 5.13 Å². The van der Waals surface area contributed by atoms with Gasteiger partial charge in [-0.05, 0) is 0 Å². The molecule has 4 nitrogen and oxygen atoms in total. The molecule has 0 spiro atoms. The van der Waals surface area contributed by atoms with Crippen molar-refractivity contribution in [3.63, 3.8) is 0 Å². The van der Waals surface area contributed by atoms with Crippen molar-refractivity contribution >= 4 is 11.3 Å². The first-order valence-electron chi connectivity index (χ1n) is 2.71. The minimum Gasteiger partial charge on any atom is -0.280 e. The van der Waals surface area contributed by atoms with E-state index in [0.717, 1.165) is 5.13 Å². The van der Waals surface area contributed by atoms with E-state index in [4.69, 9.17) is 0 Å². The maximum atomic E-state index is 3.88. The Morgan fingerprint density at radius 1 is 1.50 bits per heavy atom. The number of aromatic nitrogens is 4. The van der Waals surface area contributed by atoms with Crippen LogP contribution in [0.1, 0.15) is 0 Å². The first-order valence-corrected chi connectivity index (χ1v) is 3.59. The van der Waals surface area contributed by atoms with Crippen LogP contribution in [0.15, 0.2) is 24.2 Å². The van der Waals surface area contributed by atoms with E-state index in [1.165, 1.54) is 11.3 Å². The van der Waals surface area contributed by atoms with Gasteiger partial charge in [0.1, 0.15) is 11.8 Å². The third-order valence-corrected chi connectivity index (χ3v) is 1.78. The Morgan fingerprint density at radius 2 is 2.50 bits per heavy atom. The third kappa shape index (κ3) is 0.801. The van der Waals surface area contributed by atoms with Crippen molar-refractivity contribution in [2.75, 3.05) is 0 Å². The molecule has 0 aliphatic carbocycles. The first-order chi connectivity index (χ1) is 4.97. The molecule has 2 aromatic rings. The zero-order chi connectivity index (χ0) is 6.81. The fourth-order valence-corrected chi connectivity index (χ4v) is 1.16. The quantitative estimate of drug-likeness (QED) is 0.604. The van der Waals surface area contributed by atoms with E-state index in [-0.39, 0.29) is 0 Å². The average molecular weight is 152 g/mol. The highest BCUT2D eigenvalue weighted by Gasteiger charge is 1.95. The van der Waals surface area contributed by atoms with Gasteiger partial charge in [0.15, 0.2) is 0 Å². The van der Waals surface area contributed by atoms with Gasteiger partial charge in [0.05, 0.1) is 0 Å². The lowest BCUT2D eigenvalue weighted by atomic mass is 10.9. The summed E-state index contributed by atoms with van der Waals surface area (Å²) in [6, 6.07) is 0. The van der Waals surface area contributed by atoms with Gasteiger partial charge in [-0.25, -0.2) is 4.98 Å². The van der Waals surface area contributed by atoms with Crippen molar-refractivity contribution < 1.29 is 0 Å². The summed E-state index contributed by atoms with van der Waals surface area (Å²) in [7, 11) is 0. The van der Waals surface area contributed by atoms with Gasteiger partial charge in [-0.1, -0.05) is 11.3 Å². The van der Waals surface area contributed by atoms with Gasteiger partial charge >= 0.3 is 0 Å². The Hall–Kier alpha value is -1.23. The van der Waals surface area contributed by atoms with Crippen LogP contribution in [0.3, 0.4) is 0 Å². The summed E-state index contributed by atoms with van der Waals surface area (Å²) in [5, 5.41) is 8.39. The van der Waals surface area contributed by atoms with E-state index in [2.05, 4.69) is 15.2 Å². The zero-order valence-corrected chi connectivity index (χ0v) is 5.82. The summed E-state index contributed by atoms with van der Waals surface area (Å²) < 4.78 is 1.82. The molecular formula is C5H4N4S. The second-order valence-electron chi connectivity index (χ2n) is 1.69. The molecule has 0 amide bonds. The molecule has 2 aromatic heterocycles. The molecule has 2 rings (SSSR count). The maximum Gasteiger partial charge on any atom is 0.217 e. The van der Waals surface area contributed by atoms with Gasteiger partial charge < -0.3 is 0 Å². The highest BCUT2D eigenvalue weighted by Crippen LogP contribution is 2.06. The summed E-state index contributed by atoms with van der Waals surface area (Å²) in [6.07, 6.45) is 5.24. The number of hydrogen-bond donors (Lipinski definition) is 0. The van der Waals surface area contributed by atoms with Crippen LogP contribution >= 0.6 is 11.3 Å². The topological polar surface area (TPSA) is 43.6 Å². The molecule has 0 saturated heterocycles. The van der Waals surface area contributed by atoms with Gasteiger partial charge in [0, 0.05) is 12.4 Å². The molecule has 0 saturated carbocycles. The largest absolute Gasteiger partial charge is 0.280 e. The minimum absolute atomic E-state index is 0.845. The molecule has 0 N–H and O–H groups in total. The van der Waals surface area contributed by atoms with Gasteiger partial charge in [0.2, 0.25) is 5.13 Å². The number of hydrogen-bond acceptors (Lipinski definition) is 4. The van der Waals surface area contributed by atoms with Crippen LogP contribution in [0.25, 0.3) is 5.13 Å². The second-order valence-corrected chi connectivity index (χ2v) is 2.50. The molecule has 0 radical (unpaired) electrons. The van der Waals surface area contributed by atoms with E-state index in [9.17, 15) is 0 Å². The Bertz CT molecular complexity index is 253. The van der Waals surface area contributed by atoms with Gasteiger partial charge in [-0.15, -0.1) is 10.2 Å². The highest BCUT2D eigenvalue weighted by molar-refractivity contribution is 7.11. The summed E-state index contributed by atoms with van der Waals surface area (Å²) in [5.74, 6) is 0. The number of rotatable bonds is 1. The molecule has 0 aliphatic rings. The molecule has 0 bridgehead atoms. The van der Waals surface area contributed by atoms with E-state index in [1.54, 1.807) is 18.0 Å². The highest BCUT2D eigenvalue weighted by atomic mass is 32.1. The molecule has 50 valence electrons. The Kier molecular flexibility index (Phi) is 1.21. The van der Waals surface area contributed by atoms with Crippen LogP contribution < -0.4 is 0 Å². The fraction of sp³-hybridized carbons (Fsp3) is 0. The molecule has 0 aromatic carbocycles. The third-order valence-electron chi connectivity index (χ3n) is 1.07. The fourth-order valence-electron chi connectivity index (χ4n) is 0.652. The van der Waals surface area contributed by atoms with Crippen LogP contribution in [-0.2, 0) is 0 Å². The van der Waals surface area contributed by atoms with E-state index in [0.29, 0.717) is 0 Å². The molecule has 0 fully saturated rings. The normalized spacial score (nSPS) is 10.0. The van der Waals surface area contributed by atoms with Crippen molar-refractivity contribution in [3.05, 3.63) is 24.2 Å². The lowest BCUT2D eigenvalue weighted by Gasteiger charge is -1.88. The smallest absolute Gasteiger partial charge is 0.217 e. The average Bonchev–Trinajstić information content (AvgIpc) is 2.59. The van der Waals surface area contributed by atoms with Crippen molar-refractivity contribution in [2.45, 2.75) is 0 Å². The number of imidazole rings is 1. The van der Waals surface area contributed by atoms with E-state index >= 15 is 0 Å². The monoisotopic (exact) mass is 152 g/mol. The second kappa shape index (κ2) is 2.18. The predicted octanol–water partition coefficient (Wildman–Crippen LogP) is 0.724. The molecular weight excluding hydrogens is 148 g/mol. The van der Waals surface area contributed by atoms with Crippen molar-refractivity contribution in [1.29, 1.82) is 0 Å². The summed E-state index contributed by atoms with van der Waals surface area (Å²) in [6.45, 7) is 0. The van der Waals surface area contributed by atoms with E-state index in [1.807, 2.05) is 10.8 Å². The molecule has 0 atom stereocenters. The van der Waals surface area contributed by atoms with Crippen LogP contribution in [0.5, 0.6) is 0 Å².